The lowest BCUT2D eigenvalue weighted by atomic mass is 9.93. The van der Waals surface area contributed by atoms with E-state index in [1.165, 1.54) is 24.1 Å². The van der Waals surface area contributed by atoms with Gasteiger partial charge in [-0.15, -0.1) is 0 Å². The van der Waals surface area contributed by atoms with Crippen LogP contribution in [0.3, 0.4) is 0 Å². The zero-order chi connectivity index (χ0) is 13.9. The molecule has 0 saturated heterocycles. The van der Waals surface area contributed by atoms with Crippen LogP contribution in [-0.4, -0.2) is 16.3 Å². The largest absolute Gasteiger partial charge is 0.310 e. The Morgan fingerprint density at radius 3 is 3.05 bits per heavy atom. The smallest absolute Gasteiger partial charge is 0.0677 e. The minimum Gasteiger partial charge on any atom is -0.310 e. The summed E-state index contributed by atoms with van der Waals surface area (Å²) in [5.74, 6) is 0. The van der Waals surface area contributed by atoms with Gasteiger partial charge in [-0.2, -0.15) is 5.10 Å². The van der Waals surface area contributed by atoms with Crippen molar-refractivity contribution in [1.29, 1.82) is 0 Å². The van der Waals surface area contributed by atoms with Gasteiger partial charge in [-0.1, -0.05) is 36.7 Å². The molecule has 106 valence electrons. The zero-order valence-corrected chi connectivity index (χ0v) is 12.5. The molecule has 20 heavy (non-hydrogen) atoms. The third kappa shape index (κ3) is 2.60. The molecule has 0 fully saturated rings. The molecule has 0 saturated carbocycles. The van der Waals surface area contributed by atoms with Crippen molar-refractivity contribution in [1.82, 2.24) is 15.1 Å². The van der Waals surface area contributed by atoms with Crippen LogP contribution in [0.2, 0.25) is 5.02 Å². The number of halogens is 1. The van der Waals surface area contributed by atoms with E-state index >= 15 is 0 Å². The molecule has 1 aromatic heterocycles. The van der Waals surface area contributed by atoms with Gasteiger partial charge in [-0.05, 0) is 37.4 Å². The lowest BCUT2D eigenvalue weighted by molar-refractivity contribution is 0.460. The minimum absolute atomic E-state index is 0.462. The molecule has 0 spiro atoms. The Kier molecular flexibility index (Phi) is 4.08. The normalized spacial score (nSPS) is 18.0. The number of nitrogens with one attached hydrogen (secondary N) is 1. The fourth-order valence-corrected chi connectivity index (χ4v) is 3.20. The van der Waals surface area contributed by atoms with Crippen LogP contribution in [-0.2, 0) is 13.0 Å². The van der Waals surface area contributed by atoms with Gasteiger partial charge in [-0.3, -0.25) is 4.68 Å². The number of nitrogens with zero attached hydrogens (tertiary/aromatic N) is 2. The van der Waals surface area contributed by atoms with Crippen LogP contribution in [0.25, 0.3) is 0 Å². The molecule has 2 aromatic rings. The van der Waals surface area contributed by atoms with E-state index in [9.17, 15) is 0 Å². The standard InChI is InChI=1S/C16H20ClN3/c1-2-18-15-8-5-9-16-13(15)10-19-20(16)11-12-6-3-4-7-14(12)17/h3-4,6-7,10,15,18H,2,5,8-9,11H2,1H3. The number of benzene rings is 1. The summed E-state index contributed by atoms with van der Waals surface area (Å²) in [4.78, 5) is 0. The number of hydrogen-bond acceptors (Lipinski definition) is 2. The highest BCUT2D eigenvalue weighted by Gasteiger charge is 2.23. The van der Waals surface area contributed by atoms with Crippen molar-refractivity contribution < 1.29 is 0 Å². The van der Waals surface area contributed by atoms with Crippen LogP contribution in [0.15, 0.2) is 30.5 Å². The summed E-state index contributed by atoms with van der Waals surface area (Å²) in [7, 11) is 0. The van der Waals surface area contributed by atoms with Gasteiger partial charge < -0.3 is 5.32 Å². The minimum atomic E-state index is 0.462. The lowest BCUT2D eigenvalue weighted by Crippen LogP contribution is -2.25. The van der Waals surface area contributed by atoms with Crippen LogP contribution in [0, 0.1) is 0 Å². The topological polar surface area (TPSA) is 29.9 Å². The van der Waals surface area contributed by atoms with E-state index in [2.05, 4.69) is 28.1 Å². The van der Waals surface area contributed by atoms with Gasteiger partial charge in [0.1, 0.15) is 0 Å². The van der Waals surface area contributed by atoms with Crippen molar-refractivity contribution in [3.8, 4) is 0 Å². The highest BCUT2D eigenvalue weighted by molar-refractivity contribution is 6.31. The van der Waals surface area contributed by atoms with Crippen LogP contribution in [0.1, 0.15) is 42.6 Å². The van der Waals surface area contributed by atoms with E-state index in [1.54, 1.807) is 0 Å². The predicted molar refractivity (Wildman–Crippen MR) is 82.1 cm³/mol. The Hall–Kier alpha value is -1.32. The molecule has 3 nitrogen and oxygen atoms in total. The molecule has 3 rings (SSSR count). The first-order valence-electron chi connectivity index (χ1n) is 7.31. The van der Waals surface area contributed by atoms with Crippen LogP contribution in [0.5, 0.6) is 0 Å². The van der Waals surface area contributed by atoms with Gasteiger partial charge in [-0.25, -0.2) is 0 Å². The second-order valence-corrected chi connectivity index (χ2v) is 5.71. The van der Waals surface area contributed by atoms with E-state index in [4.69, 9.17) is 11.6 Å². The maximum atomic E-state index is 6.25. The van der Waals surface area contributed by atoms with Gasteiger partial charge in [0.2, 0.25) is 0 Å². The average Bonchev–Trinajstić information content (AvgIpc) is 2.86. The first-order chi connectivity index (χ1) is 9.79. The predicted octanol–water partition coefficient (Wildman–Crippen LogP) is 3.57. The zero-order valence-electron chi connectivity index (χ0n) is 11.8. The first-order valence-corrected chi connectivity index (χ1v) is 7.68. The van der Waals surface area contributed by atoms with Gasteiger partial charge in [0.15, 0.2) is 0 Å². The van der Waals surface area contributed by atoms with E-state index in [-0.39, 0.29) is 0 Å². The van der Waals surface area contributed by atoms with Crippen LogP contribution < -0.4 is 5.32 Å². The second-order valence-electron chi connectivity index (χ2n) is 5.30. The number of fused-ring (bicyclic) bond motifs is 1. The van der Waals surface area contributed by atoms with Crippen molar-refractivity contribution in [3.63, 3.8) is 0 Å². The molecule has 4 heteroatoms. The monoisotopic (exact) mass is 289 g/mol. The van der Waals surface area contributed by atoms with E-state index in [0.717, 1.165) is 30.1 Å². The van der Waals surface area contributed by atoms with Crippen molar-refractivity contribution in [2.24, 2.45) is 0 Å². The highest BCUT2D eigenvalue weighted by atomic mass is 35.5. The molecular weight excluding hydrogens is 270 g/mol. The Bertz CT molecular complexity index is 591. The molecule has 0 bridgehead atoms. The van der Waals surface area contributed by atoms with E-state index in [1.807, 2.05) is 24.4 Å². The SMILES string of the molecule is CCNC1CCCc2c1cnn2Cc1ccccc1Cl. The Balaban J connectivity index is 1.87. The Labute approximate surface area is 124 Å². The average molecular weight is 290 g/mol. The summed E-state index contributed by atoms with van der Waals surface area (Å²) in [6.07, 6.45) is 5.57. The summed E-state index contributed by atoms with van der Waals surface area (Å²) in [6.45, 7) is 3.91. The second kappa shape index (κ2) is 5.98. The molecule has 0 amide bonds. The van der Waals surface area contributed by atoms with Crippen molar-refractivity contribution >= 4 is 11.6 Å². The van der Waals surface area contributed by atoms with Gasteiger partial charge in [0.25, 0.3) is 0 Å². The summed E-state index contributed by atoms with van der Waals surface area (Å²) in [5, 5.41) is 8.95. The Morgan fingerprint density at radius 2 is 2.25 bits per heavy atom. The molecule has 1 unspecified atom stereocenters. The molecule has 1 aromatic carbocycles. The van der Waals surface area contributed by atoms with Crippen LogP contribution >= 0.6 is 11.6 Å². The summed E-state index contributed by atoms with van der Waals surface area (Å²) >= 11 is 6.25. The van der Waals surface area contributed by atoms with Crippen molar-refractivity contribution in [2.45, 2.75) is 38.8 Å². The molecule has 0 radical (unpaired) electrons. The summed E-state index contributed by atoms with van der Waals surface area (Å²) in [5.41, 5.74) is 3.86. The molecule has 0 aliphatic heterocycles. The third-order valence-corrected chi connectivity index (χ3v) is 4.36. The fourth-order valence-electron chi connectivity index (χ4n) is 3.00. The van der Waals surface area contributed by atoms with E-state index in [0.29, 0.717) is 6.04 Å². The third-order valence-electron chi connectivity index (χ3n) is 3.99. The first kappa shape index (κ1) is 13.7. The lowest BCUT2D eigenvalue weighted by Gasteiger charge is -2.23. The van der Waals surface area contributed by atoms with Gasteiger partial charge in [0, 0.05) is 22.3 Å². The number of aromatic nitrogens is 2. The maximum Gasteiger partial charge on any atom is 0.0677 e. The number of rotatable bonds is 4. The maximum absolute atomic E-state index is 6.25. The molecule has 1 heterocycles. The molecule has 1 aliphatic carbocycles. The van der Waals surface area contributed by atoms with Crippen molar-refractivity contribution in [3.05, 3.63) is 52.3 Å². The van der Waals surface area contributed by atoms with E-state index < -0.39 is 0 Å². The molecular formula is C16H20ClN3. The molecule has 1 atom stereocenters. The summed E-state index contributed by atoms with van der Waals surface area (Å²) < 4.78 is 2.11. The van der Waals surface area contributed by atoms with Gasteiger partial charge >= 0.3 is 0 Å². The highest BCUT2D eigenvalue weighted by Crippen LogP contribution is 2.30. The summed E-state index contributed by atoms with van der Waals surface area (Å²) in [6, 6.07) is 8.46. The quantitative estimate of drug-likeness (QED) is 0.932. The Morgan fingerprint density at radius 1 is 1.40 bits per heavy atom. The molecule has 1 N–H and O–H groups in total. The fraction of sp³-hybridized carbons (Fsp3) is 0.438. The van der Waals surface area contributed by atoms with Crippen LogP contribution in [0.4, 0.5) is 0 Å². The molecule has 1 aliphatic rings. The van der Waals surface area contributed by atoms with Gasteiger partial charge in [0.05, 0.1) is 12.7 Å². The van der Waals surface area contributed by atoms with Crippen molar-refractivity contribution in [2.75, 3.05) is 6.54 Å². The number of hydrogen-bond donors (Lipinski definition) is 1.